The molecule has 190 valence electrons. The van der Waals surface area contributed by atoms with Gasteiger partial charge in [-0.15, -0.1) is 0 Å². The molecule has 5 heterocycles. The van der Waals surface area contributed by atoms with Crippen LogP contribution < -0.4 is 15.0 Å². The molecule has 0 aliphatic carbocycles. The second kappa shape index (κ2) is 9.98. The van der Waals surface area contributed by atoms with Gasteiger partial charge in [-0.1, -0.05) is 0 Å². The average molecular weight is 510 g/mol. The van der Waals surface area contributed by atoms with Crippen LogP contribution in [0.4, 0.5) is 11.5 Å². The van der Waals surface area contributed by atoms with Crippen molar-refractivity contribution in [1.82, 2.24) is 24.2 Å². The van der Waals surface area contributed by atoms with Gasteiger partial charge < -0.3 is 15.0 Å². The first-order valence-corrected chi connectivity index (χ1v) is 13.9. The van der Waals surface area contributed by atoms with Crippen LogP contribution in [0.5, 0.6) is 5.88 Å². The van der Waals surface area contributed by atoms with Crippen molar-refractivity contribution in [3.8, 4) is 17.1 Å². The molecule has 0 radical (unpaired) electrons. The van der Waals surface area contributed by atoms with Crippen LogP contribution in [0, 0.1) is 6.92 Å². The standard InChI is InChI=1S/C25H31N7O3S/c1-17-12-20(14-27-25(17)35-2)31-9-7-22-21(15-31)24(29-16-28-22)18-4-8-26-23(13-18)30-19-5-10-32(11-6-19)36(3,33)34/h4,8,12-14,16,19H,5-7,9-11,15H2,1-3H3,(H,26,30). The van der Waals surface area contributed by atoms with Crippen LogP contribution in [-0.2, 0) is 23.0 Å². The van der Waals surface area contributed by atoms with Crippen molar-refractivity contribution in [3.05, 3.63) is 53.7 Å². The van der Waals surface area contributed by atoms with Crippen LogP contribution in [0.1, 0.15) is 29.7 Å². The molecule has 11 heteroatoms. The Morgan fingerprint density at radius 3 is 2.61 bits per heavy atom. The summed E-state index contributed by atoms with van der Waals surface area (Å²) in [6.07, 6.45) is 8.85. The molecule has 0 aromatic carbocycles. The Bertz CT molecular complexity index is 1360. The molecule has 1 fully saturated rings. The molecule has 36 heavy (non-hydrogen) atoms. The average Bonchev–Trinajstić information content (AvgIpc) is 2.88. The monoisotopic (exact) mass is 509 g/mol. The van der Waals surface area contributed by atoms with Crippen molar-refractivity contribution in [2.45, 2.75) is 38.8 Å². The second-order valence-electron chi connectivity index (χ2n) is 9.35. The summed E-state index contributed by atoms with van der Waals surface area (Å²) in [4.78, 5) is 20.5. The fourth-order valence-corrected chi connectivity index (χ4v) is 5.82. The van der Waals surface area contributed by atoms with E-state index in [4.69, 9.17) is 4.74 Å². The molecular formula is C25H31N7O3S. The van der Waals surface area contributed by atoms with Gasteiger partial charge in [0.1, 0.15) is 12.1 Å². The van der Waals surface area contributed by atoms with Crippen LogP contribution in [0.15, 0.2) is 36.9 Å². The summed E-state index contributed by atoms with van der Waals surface area (Å²) in [7, 11) is -1.51. The van der Waals surface area contributed by atoms with E-state index in [-0.39, 0.29) is 6.04 Å². The van der Waals surface area contributed by atoms with E-state index in [2.05, 4.69) is 36.2 Å². The van der Waals surface area contributed by atoms with E-state index in [1.54, 1.807) is 19.6 Å². The molecule has 5 rings (SSSR count). The number of methoxy groups -OCH3 is 1. The SMILES string of the molecule is COc1ncc(N2CCc3ncnc(-c4ccnc(NC5CCN(S(C)(=O)=O)CC5)c4)c3C2)cc1C. The third-order valence-corrected chi connectivity index (χ3v) is 8.19. The van der Waals surface area contributed by atoms with Gasteiger partial charge in [0.2, 0.25) is 15.9 Å². The van der Waals surface area contributed by atoms with Gasteiger partial charge in [0.05, 0.1) is 36.6 Å². The molecule has 2 aliphatic heterocycles. The highest BCUT2D eigenvalue weighted by atomic mass is 32.2. The molecule has 0 bridgehead atoms. The highest BCUT2D eigenvalue weighted by molar-refractivity contribution is 7.88. The van der Waals surface area contributed by atoms with E-state index in [1.165, 1.54) is 10.6 Å². The van der Waals surface area contributed by atoms with Crippen molar-refractivity contribution in [1.29, 1.82) is 0 Å². The Balaban J connectivity index is 1.35. The maximum absolute atomic E-state index is 11.8. The predicted octanol–water partition coefficient (Wildman–Crippen LogP) is 2.65. The molecule has 0 saturated carbocycles. The normalized spacial score (nSPS) is 17.0. The third-order valence-electron chi connectivity index (χ3n) is 6.88. The van der Waals surface area contributed by atoms with Crippen molar-refractivity contribution in [2.24, 2.45) is 0 Å². The number of fused-ring (bicyclic) bond motifs is 1. The number of aromatic nitrogens is 4. The van der Waals surface area contributed by atoms with Crippen LogP contribution in [-0.4, -0.2) is 71.7 Å². The van der Waals surface area contributed by atoms with E-state index in [9.17, 15) is 8.42 Å². The summed E-state index contributed by atoms with van der Waals surface area (Å²) < 4.78 is 30.4. The number of nitrogens with one attached hydrogen (secondary N) is 1. The van der Waals surface area contributed by atoms with E-state index >= 15 is 0 Å². The Morgan fingerprint density at radius 1 is 1.08 bits per heavy atom. The number of ether oxygens (including phenoxy) is 1. The fourth-order valence-electron chi connectivity index (χ4n) is 4.94. The highest BCUT2D eigenvalue weighted by Crippen LogP contribution is 2.32. The number of hydrogen-bond donors (Lipinski definition) is 1. The zero-order valence-electron chi connectivity index (χ0n) is 20.8. The highest BCUT2D eigenvalue weighted by Gasteiger charge is 2.26. The lowest BCUT2D eigenvalue weighted by atomic mass is 9.99. The van der Waals surface area contributed by atoms with Gasteiger partial charge in [-0.25, -0.2) is 32.7 Å². The van der Waals surface area contributed by atoms with Crippen LogP contribution >= 0.6 is 0 Å². The molecule has 10 nitrogen and oxygen atoms in total. The maximum atomic E-state index is 11.8. The van der Waals surface area contributed by atoms with Crippen LogP contribution in [0.3, 0.4) is 0 Å². The van der Waals surface area contributed by atoms with Crippen molar-refractivity contribution in [3.63, 3.8) is 0 Å². The third kappa shape index (κ3) is 5.12. The number of hydrogen-bond acceptors (Lipinski definition) is 9. The van der Waals surface area contributed by atoms with Gasteiger partial charge in [-0.2, -0.15) is 0 Å². The summed E-state index contributed by atoms with van der Waals surface area (Å²) in [6, 6.07) is 6.26. The molecular weight excluding hydrogens is 478 g/mol. The minimum atomic E-state index is -3.14. The topological polar surface area (TPSA) is 113 Å². The molecule has 3 aromatic rings. The first-order valence-electron chi connectivity index (χ1n) is 12.1. The lowest BCUT2D eigenvalue weighted by molar-refractivity contribution is 0.331. The van der Waals surface area contributed by atoms with Gasteiger partial charge in [-0.3, -0.25) is 0 Å². The Labute approximate surface area is 211 Å². The number of pyridine rings is 2. The van der Waals surface area contributed by atoms with Gasteiger partial charge >= 0.3 is 0 Å². The van der Waals surface area contributed by atoms with Gasteiger partial charge in [0.15, 0.2) is 0 Å². The first kappa shape index (κ1) is 24.4. The van der Waals surface area contributed by atoms with Gasteiger partial charge in [0, 0.05) is 61.5 Å². The van der Waals surface area contributed by atoms with Crippen LogP contribution in [0.2, 0.25) is 0 Å². The Hall–Kier alpha value is -3.31. The number of piperidine rings is 1. The molecule has 0 atom stereocenters. The molecule has 3 aromatic heterocycles. The number of rotatable bonds is 6. The van der Waals surface area contributed by atoms with Crippen LogP contribution in [0.25, 0.3) is 11.3 Å². The molecule has 1 N–H and O–H groups in total. The summed E-state index contributed by atoms with van der Waals surface area (Å²) in [5.74, 6) is 1.40. The lowest BCUT2D eigenvalue weighted by Gasteiger charge is -2.31. The quantitative estimate of drug-likeness (QED) is 0.536. The summed E-state index contributed by atoms with van der Waals surface area (Å²) in [6.45, 7) is 4.58. The van der Waals surface area contributed by atoms with E-state index in [0.717, 1.165) is 65.4 Å². The lowest BCUT2D eigenvalue weighted by Crippen LogP contribution is -2.41. The second-order valence-corrected chi connectivity index (χ2v) is 11.3. The Morgan fingerprint density at radius 2 is 1.89 bits per heavy atom. The number of sulfonamides is 1. The van der Waals surface area contributed by atoms with Crippen molar-refractivity contribution < 1.29 is 13.2 Å². The number of aryl methyl sites for hydroxylation is 1. The zero-order chi connectivity index (χ0) is 25.3. The smallest absolute Gasteiger partial charge is 0.216 e. The number of anilines is 2. The fraction of sp³-hybridized carbons (Fsp3) is 0.440. The summed E-state index contributed by atoms with van der Waals surface area (Å²) >= 11 is 0. The van der Waals surface area contributed by atoms with E-state index in [0.29, 0.717) is 25.5 Å². The molecule has 2 aliphatic rings. The van der Waals surface area contributed by atoms with E-state index in [1.807, 2.05) is 25.3 Å². The van der Waals surface area contributed by atoms with Crippen molar-refractivity contribution >= 4 is 21.5 Å². The zero-order valence-corrected chi connectivity index (χ0v) is 21.6. The molecule has 0 amide bonds. The summed E-state index contributed by atoms with van der Waals surface area (Å²) in [5.41, 5.74) is 6.10. The maximum Gasteiger partial charge on any atom is 0.216 e. The molecule has 0 unspecified atom stereocenters. The Kier molecular flexibility index (Phi) is 6.76. The number of nitrogens with zero attached hydrogens (tertiary/aromatic N) is 6. The van der Waals surface area contributed by atoms with Crippen molar-refractivity contribution in [2.75, 3.05) is 43.2 Å². The molecule has 0 spiro atoms. The van der Waals surface area contributed by atoms with Gasteiger partial charge in [-0.05, 0) is 38.0 Å². The van der Waals surface area contributed by atoms with Gasteiger partial charge in [0.25, 0.3) is 0 Å². The first-order chi connectivity index (χ1) is 17.3. The summed E-state index contributed by atoms with van der Waals surface area (Å²) in [5, 5.41) is 3.49. The molecule has 1 saturated heterocycles. The van der Waals surface area contributed by atoms with E-state index < -0.39 is 10.0 Å². The predicted molar refractivity (Wildman–Crippen MR) is 139 cm³/mol. The largest absolute Gasteiger partial charge is 0.481 e. The minimum absolute atomic E-state index is 0.173. The minimum Gasteiger partial charge on any atom is -0.481 e.